The highest BCUT2D eigenvalue weighted by atomic mass is 16.2. The summed E-state index contributed by atoms with van der Waals surface area (Å²) < 4.78 is 0. The van der Waals surface area contributed by atoms with Gasteiger partial charge in [0.1, 0.15) is 5.82 Å². The third-order valence-electron chi connectivity index (χ3n) is 5.64. The largest absolute Gasteiger partial charge is 0.368 e. The lowest BCUT2D eigenvalue weighted by Gasteiger charge is -2.34. The molecule has 0 bridgehead atoms. The van der Waals surface area contributed by atoms with Crippen molar-refractivity contribution in [3.8, 4) is 0 Å². The average molecular weight is 381 g/mol. The van der Waals surface area contributed by atoms with Crippen LogP contribution >= 0.6 is 0 Å². The number of likely N-dealkylation sites (tertiary alicyclic amines) is 1. The second-order valence-corrected chi connectivity index (χ2v) is 7.62. The Hall–Kier alpha value is -2.74. The first-order valence-electron chi connectivity index (χ1n) is 9.87. The summed E-state index contributed by atoms with van der Waals surface area (Å²) in [5.41, 5.74) is 7.34. The smallest absolute Gasteiger partial charge is 0.254 e. The fraction of sp³-hybridized carbons (Fsp3) is 0.500. The maximum absolute atomic E-state index is 13.1. The maximum atomic E-state index is 13.1. The molecule has 1 atom stereocenters. The Morgan fingerprint density at radius 3 is 2.68 bits per heavy atom. The Labute approximate surface area is 165 Å². The quantitative estimate of drug-likeness (QED) is 0.855. The first-order chi connectivity index (χ1) is 13.6. The van der Waals surface area contributed by atoms with E-state index in [9.17, 15) is 4.79 Å². The number of nitrogens with zero attached hydrogens (tertiary/aromatic N) is 6. The molecule has 8 nitrogen and oxygen atoms in total. The number of hydrogen-bond acceptors (Lipinski definition) is 7. The molecule has 0 aliphatic carbocycles. The van der Waals surface area contributed by atoms with E-state index in [0.29, 0.717) is 12.1 Å². The lowest BCUT2D eigenvalue weighted by Crippen LogP contribution is -2.45. The highest BCUT2D eigenvalue weighted by Gasteiger charge is 2.27. The Bertz CT molecular complexity index is 835. The van der Waals surface area contributed by atoms with E-state index in [2.05, 4.69) is 31.8 Å². The summed E-state index contributed by atoms with van der Waals surface area (Å²) in [5, 5.41) is 0. The molecule has 1 unspecified atom stereocenters. The van der Waals surface area contributed by atoms with Crippen molar-refractivity contribution < 1.29 is 4.79 Å². The van der Waals surface area contributed by atoms with E-state index in [-0.39, 0.29) is 17.8 Å². The van der Waals surface area contributed by atoms with Gasteiger partial charge < -0.3 is 20.4 Å². The van der Waals surface area contributed by atoms with Gasteiger partial charge >= 0.3 is 0 Å². The van der Waals surface area contributed by atoms with Crippen molar-refractivity contribution in [2.45, 2.75) is 18.8 Å². The molecule has 4 heterocycles. The zero-order valence-corrected chi connectivity index (χ0v) is 16.3. The number of anilines is 2. The van der Waals surface area contributed by atoms with Crippen molar-refractivity contribution >= 4 is 17.7 Å². The summed E-state index contributed by atoms with van der Waals surface area (Å²) in [6, 6.07) is 5.64. The standard InChI is InChI=1S/C20H27N7O/c1-25-9-11-26(12-10-25)18-13-15(4-6-22-18)19(28)27-8-2-3-16(14-27)17-5-7-23-20(21)24-17/h4-7,13,16H,2-3,8-12,14H2,1H3,(H2,21,23,24). The second-order valence-electron chi connectivity index (χ2n) is 7.62. The Kier molecular flexibility index (Phi) is 5.38. The monoisotopic (exact) mass is 381 g/mol. The van der Waals surface area contributed by atoms with Crippen LogP contribution in [0.5, 0.6) is 0 Å². The molecule has 2 fully saturated rings. The minimum atomic E-state index is 0.0597. The number of piperazine rings is 1. The fourth-order valence-corrected chi connectivity index (χ4v) is 3.96. The highest BCUT2D eigenvalue weighted by molar-refractivity contribution is 5.95. The predicted molar refractivity (Wildman–Crippen MR) is 108 cm³/mol. The molecule has 2 N–H and O–H groups in total. The van der Waals surface area contributed by atoms with Crippen LogP contribution < -0.4 is 10.6 Å². The topological polar surface area (TPSA) is 91.5 Å². The molecule has 2 aromatic rings. The molecule has 2 saturated heterocycles. The number of hydrogen-bond donors (Lipinski definition) is 1. The van der Waals surface area contributed by atoms with Crippen molar-refractivity contribution in [1.29, 1.82) is 0 Å². The van der Waals surface area contributed by atoms with Gasteiger partial charge in [0.25, 0.3) is 5.91 Å². The molecule has 4 rings (SSSR count). The average Bonchev–Trinajstić information content (AvgIpc) is 2.74. The first-order valence-corrected chi connectivity index (χ1v) is 9.87. The normalized spacial score (nSPS) is 21.0. The van der Waals surface area contributed by atoms with Crippen LogP contribution in [0.3, 0.4) is 0 Å². The lowest BCUT2D eigenvalue weighted by atomic mass is 9.94. The van der Waals surface area contributed by atoms with Gasteiger partial charge in [0.05, 0.1) is 5.69 Å². The van der Waals surface area contributed by atoms with Gasteiger partial charge in [-0.15, -0.1) is 0 Å². The third-order valence-corrected chi connectivity index (χ3v) is 5.64. The predicted octanol–water partition coefficient (Wildman–Crippen LogP) is 1.23. The van der Waals surface area contributed by atoms with Crippen molar-refractivity contribution in [1.82, 2.24) is 24.8 Å². The number of likely N-dealkylation sites (N-methyl/N-ethyl adjacent to an activating group) is 1. The van der Waals surface area contributed by atoms with Crippen molar-refractivity contribution in [2.24, 2.45) is 0 Å². The summed E-state index contributed by atoms with van der Waals surface area (Å²) in [6.07, 6.45) is 5.39. The summed E-state index contributed by atoms with van der Waals surface area (Å²) in [4.78, 5) is 32.4. The van der Waals surface area contributed by atoms with Gasteiger partial charge in [0, 0.05) is 63.1 Å². The van der Waals surface area contributed by atoms with E-state index >= 15 is 0 Å². The van der Waals surface area contributed by atoms with Crippen LogP contribution in [0.1, 0.15) is 34.8 Å². The van der Waals surface area contributed by atoms with E-state index in [1.807, 2.05) is 23.1 Å². The van der Waals surface area contributed by atoms with Gasteiger partial charge in [-0.2, -0.15) is 0 Å². The molecule has 1 amide bonds. The summed E-state index contributed by atoms with van der Waals surface area (Å²) >= 11 is 0. The molecule has 0 radical (unpaired) electrons. The van der Waals surface area contributed by atoms with Crippen molar-refractivity contribution in [3.63, 3.8) is 0 Å². The lowest BCUT2D eigenvalue weighted by molar-refractivity contribution is 0.0706. The molecule has 148 valence electrons. The molecule has 28 heavy (non-hydrogen) atoms. The van der Waals surface area contributed by atoms with Gasteiger partial charge in [0.15, 0.2) is 0 Å². The number of pyridine rings is 1. The molecule has 2 aromatic heterocycles. The van der Waals surface area contributed by atoms with Gasteiger partial charge in [-0.3, -0.25) is 4.79 Å². The Morgan fingerprint density at radius 2 is 1.89 bits per heavy atom. The molecule has 8 heteroatoms. The molecule has 0 saturated carbocycles. The minimum Gasteiger partial charge on any atom is -0.368 e. The molecular formula is C20H27N7O. The van der Waals surface area contributed by atoms with Crippen molar-refractivity contribution in [2.75, 3.05) is 56.9 Å². The molecule has 0 aromatic carbocycles. The van der Waals surface area contributed by atoms with E-state index < -0.39 is 0 Å². The van der Waals surface area contributed by atoms with E-state index in [1.54, 1.807) is 12.4 Å². The van der Waals surface area contributed by atoms with Crippen molar-refractivity contribution in [3.05, 3.63) is 41.9 Å². The third kappa shape index (κ3) is 4.06. The molecular weight excluding hydrogens is 354 g/mol. The van der Waals surface area contributed by atoms with Crippen LogP contribution in [-0.2, 0) is 0 Å². The van der Waals surface area contributed by atoms with E-state index in [4.69, 9.17) is 5.73 Å². The van der Waals surface area contributed by atoms with E-state index in [1.165, 1.54) is 0 Å². The first kappa shape index (κ1) is 18.6. The fourth-order valence-electron chi connectivity index (χ4n) is 3.96. The zero-order chi connectivity index (χ0) is 19.5. The van der Waals surface area contributed by atoms with Crippen LogP contribution in [0.4, 0.5) is 11.8 Å². The van der Waals surface area contributed by atoms with Crippen LogP contribution in [0.2, 0.25) is 0 Å². The number of amides is 1. The maximum Gasteiger partial charge on any atom is 0.254 e. The minimum absolute atomic E-state index is 0.0597. The number of carbonyl (C=O) groups is 1. The Balaban J connectivity index is 1.47. The van der Waals surface area contributed by atoms with Gasteiger partial charge in [-0.1, -0.05) is 0 Å². The molecule has 0 spiro atoms. The summed E-state index contributed by atoms with van der Waals surface area (Å²) in [7, 11) is 2.13. The number of nitrogen functional groups attached to an aromatic ring is 1. The number of piperidine rings is 1. The number of carbonyl (C=O) groups excluding carboxylic acids is 1. The van der Waals surface area contributed by atoms with E-state index in [0.717, 1.165) is 57.1 Å². The van der Waals surface area contributed by atoms with Gasteiger partial charge in [-0.05, 0) is 38.1 Å². The number of rotatable bonds is 3. The molecule has 2 aliphatic rings. The summed E-state index contributed by atoms with van der Waals surface area (Å²) in [5.74, 6) is 1.43. The van der Waals surface area contributed by atoms with Gasteiger partial charge in [0.2, 0.25) is 5.95 Å². The SMILES string of the molecule is CN1CCN(c2cc(C(=O)N3CCCC(c4ccnc(N)n4)C3)ccn2)CC1. The number of aromatic nitrogens is 3. The van der Waals surface area contributed by atoms with Gasteiger partial charge in [-0.25, -0.2) is 15.0 Å². The summed E-state index contributed by atoms with van der Waals surface area (Å²) in [6.45, 7) is 5.30. The number of nitrogens with two attached hydrogens (primary N) is 1. The van der Waals surface area contributed by atoms with Crippen LogP contribution in [0.15, 0.2) is 30.6 Å². The van der Waals surface area contributed by atoms with Crippen LogP contribution in [-0.4, -0.2) is 77.0 Å². The second kappa shape index (κ2) is 8.10. The molecule has 2 aliphatic heterocycles. The zero-order valence-electron chi connectivity index (χ0n) is 16.3. The van der Waals surface area contributed by atoms with Crippen LogP contribution in [0, 0.1) is 0 Å². The highest BCUT2D eigenvalue weighted by Crippen LogP contribution is 2.27. The van der Waals surface area contributed by atoms with Crippen LogP contribution in [0.25, 0.3) is 0 Å². The Morgan fingerprint density at radius 1 is 1.11 bits per heavy atom.